The highest BCUT2D eigenvalue weighted by atomic mass is 16.5. The van der Waals surface area contributed by atoms with E-state index in [1.807, 2.05) is 49.4 Å². The van der Waals surface area contributed by atoms with Gasteiger partial charge in [-0.15, -0.1) is 0 Å². The van der Waals surface area contributed by atoms with E-state index in [0.717, 1.165) is 40.8 Å². The molecule has 0 aliphatic heterocycles. The Balaban J connectivity index is 1.62. The van der Waals surface area contributed by atoms with E-state index < -0.39 is 11.4 Å². The van der Waals surface area contributed by atoms with Crippen molar-refractivity contribution in [1.29, 1.82) is 0 Å². The van der Waals surface area contributed by atoms with E-state index in [0.29, 0.717) is 11.4 Å². The van der Waals surface area contributed by atoms with Crippen molar-refractivity contribution in [3.05, 3.63) is 77.4 Å². The highest BCUT2D eigenvalue weighted by molar-refractivity contribution is 6.02. The summed E-state index contributed by atoms with van der Waals surface area (Å²) in [5.41, 5.74) is 3.92. The van der Waals surface area contributed by atoms with E-state index in [1.165, 1.54) is 13.2 Å². The maximum atomic E-state index is 13.2. The molecule has 2 N–H and O–H groups in total. The average molecular weight is 431 g/mol. The van der Waals surface area contributed by atoms with Crippen LogP contribution in [0.1, 0.15) is 34.3 Å². The highest BCUT2D eigenvalue weighted by Crippen LogP contribution is 2.49. The smallest absolute Gasteiger partial charge is 0.335 e. The third-order valence-electron chi connectivity index (χ3n) is 6.06. The number of anilines is 1. The van der Waals surface area contributed by atoms with Gasteiger partial charge in [-0.25, -0.2) is 4.79 Å². The summed E-state index contributed by atoms with van der Waals surface area (Å²) >= 11 is 0. The van der Waals surface area contributed by atoms with Crippen molar-refractivity contribution in [3.63, 3.8) is 0 Å². The normalized spacial score (nSPS) is 13.8. The maximum Gasteiger partial charge on any atom is 0.335 e. The summed E-state index contributed by atoms with van der Waals surface area (Å²) in [5.74, 6) is 0.177. The fourth-order valence-corrected chi connectivity index (χ4v) is 3.97. The van der Waals surface area contributed by atoms with Gasteiger partial charge in [0, 0.05) is 11.3 Å². The minimum atomic E-state index is -1.01. The van der Waals surface area contributed by atoms with Gasteiger partial charge < -0.3 is 19.9 Å². The summed E-state index contributed by atoms with van der Waals surface area (Å²) in [6.45, 7) is 1.96. The summed E-state index contributed by atoms with van der Waals surface area (Å²) in [6, 6.07) is 18.1. The Kier molecular flexibility index (Phi) is 5.61. The van der Waals surface area contributed by atoms with Gasteiger partial charge in [-0.3, -0.25) is 4.79 Å². The zero-order chi connectivity index (χ0) is 22.9. The van der Waals surface area contributed by atoms with Gasteiger partial charge in [0.15, 0.2) is 0 Å². The number of carbonyl (C=O) groups is 2. The van der Waals surface area contributed by atoms with Gasteiger partial charge >= 0.3 is 5.97 Å². The summed E-state index contributed by atoms with van der Waals surface area (Å²) < 4.78 is 10.7. The molecule has 0 unspecified atom stereocenters. The summed E-state index contributed by atoms with van der Waals surface area (Å²) in [6.07, 6.45) is 1.60. The molecule has 1 fully saturated rings. The lowest BCUT2D eigenvalue weighted by Gasteiger charge is -2.18. The molecule has 1 aliphatic carbocycles. The molecule has 0 saturated heterocycles. The molecule has 0 radical (unpaired) electrons. The lowest BCUT2D eigenvalue weighted by molar-refractivity contribution is -0.118. The summed E-state index contributed by atoms with van der Waals surface area (Å²) in [4.78, 5) is 24.5. The third-order valence-corrected chi connectivity index (χ3v) is 6.06. The van der Waals surface area contributed by atoms with Crippen molar-refractivity contribution >= 4 is 17.6 Å². The van der Waals surface area contributed by atoms with Crippen molar-refractivity contribution < 1.29 is 24.2 Å². The van der Waals surface area contributed by atoms with Crippen LogP contribution in [0.15, 0.2) is 60.7 Å². The first kappa shape index (κ1) is 21.4. The van der Waals surface area contributed by atoms with Crippen LogP contribution >= 0.6 is 0 Å². The van der Waals surface area contributed by atoms with Crippen LogP contribution in [0, 0.1) is 6.92 Å². The number of aromatic carboxylic acids is 1. The Bertz CT molecular complexity index is 1180. The number of carbonyl (C=O) groups excluding carboxylic acids is 1. The van der Waals surface area contributed by atoms with Crippen LogP contribution in [0.4, 0.5) is 5.69 Å². The van der Waals surface area contributed by atoms with E-state index in [-0.39, 0.29) is 11.5 Å². The predicted molar refractivity (Wildman–Crippen MR) is 123 cm³/mol. The Morgan fingerprint density at radius 1 is 0.906 bits per heavy atom. The number of carboxylic acid groups (broad SMARTS) is 1. The molecular weight excluding hydrogens is 406 g/mol. The zero-order valence-corrected chi connectivity index (χ0v) is 18.3. The standard InChI is InChI=1S/C26H25NO5/c1-16-4-8-19(15-22(16)21-11-5-17(24(28)29)14-23(21)32-3)27-25(30)26(12-13-26)18-6-9-20(31-2)10-7-18/h4-11,14-15H,12-13H2,1-3H3,(H,27,30)(H,28,29). The highest BCUT2D eigenvalue weighted by Gasteiger charge is 2.51. The molecule has 0 heterocycles. The molecule has 0 bridgehead atoms. The third kappa shape index (κ3) is 3.91. The van der Waals surface area contributed by atoms with Gasteiger partial charge in [0.25, 0.3) is 0 Å². The van der Waals surface area contributed by atoms with Crippen LogP contribution in [0.25, 0.3) is 11.1 Å². The summed E-state index contributed by atoms with van der Waals surface area (Å²) in [5, 5.41) is 12.3. The van der Waals surface area contributed by atoms with Crippen molar-refractivity contribution in [2.24, 2.45) is 0 Å². The van der Waals surface area contributed by atoms with E-state index >= 15 is 0 Å². The largest absolute Gasteiger partial charge is 0.497 e. The van der Waals surface area contributed by atoms with E-state index in [2.05, 4.69) is 5.32 Å². The van der Waals surface area contributed by atoms with E-state index in [1.54, 1.807) is 19.2 Å². The molecule has 1 aliphatic rings. The van der Waals surface area contributed by atoms with Crippen molar-refractivity contribution in [2.45, 2.75) is 25.2 Å². The number of nitrogens with one attached hydrogen (secondary N) is 1. The number of benzene rings is 3. The predicted octanol–water partition coefficient (Wildman–Crippen LogP) is 5.05. The van der Waals surface area contributed by atoms with Crippen LogP contribution in [-0.4, -0.2) is 31.2 Å². The maximum absolute atomic E-state index is 13.2. The Hall–Kier alpha value is -3.80. The number of carboxylic acids is 1. The first-order valence-electron chi connectivity index (χ1n) is 10.4. The Labute approximate surface area is 186 Å². The molecule has 6 heteroatoms. The van der Waals surface area contributed by atoms with E-state index in [9.17, 15) is 14.7 Å². The van der Waals surface area contributed by atoms with Gasteiger partial charge in [0.05, 0.1) is 25.2 Å². The number of aryl methyl sites for hydroxylation is 1. The zero-order valence-electron chi connectivity index (χ0n) is 18.3. The number of ether oxygens (including phenoxy) is 2. The van der Waals surface area contributed by atoms with Crippen LogP contribution in [-0.2, 0) is 10.2 Å². The van der Waals surface area contributed by atoms with Crippen LogP contribution in [0.2, 0.25) is 0 Å². The van der Waals surface area contributed by atoms with Crippen LogP contribution in [0.5, 0.6) is 11.5 Å². The van der Waals surface area contributed by atoms with Gasteiger partial charge in [0.2, 0.25) is 5.91 Å². The van der Waals surface area contributed by atoms with E-state index in [4.69, 9.17) is 9.47 Å². The molecule has 3 aromatic rings. The van der Waals surface area contributed by atoms with Gasteiger partial charge in [-0.2, -0.15) is 0 Å². The first-order chi connectivity index (χ1) is 15.4. The number of rotatable bonds is 7. The lowest BCUT2D eigenvalue weighted by Crippen LogP contribution is -2.27. The molecular formula is C26H25NO5. The van der Waals surface area contributed by atoms with Gasteiger partial charge in [0.1, 0.15) is 11.5 Å². The molecule has 0 aromatic heterocycles. The second-order valence-electron chi connectivity index (χ2n) is 8.01. The van der Waals surface area contributed by atoms with Gasteiger partial charge in [-0.1, -0.05) is 18.2 Å². The molecule has 3 aromatic carbocycles. The van der Waals surface area contributed by atoms with Crippen LogP contribution in [0.3, 0.4) is 0 Å². The number of hydrogen-bond acceptors (Lipinski definition) is 4. The number of amides is 1. The minimum Gasteiger partial charge on any atom is -0.497 e. The SMILES string of the molecule is COc1ccc(C2(C(=O)Nc3ccc(C)c(-c4ccc(C(=O)O)cc4OC)c3)CC2)cc1. The first-order valence-corrected chi connectivity index (χ1v) is 10.4. The Morgan fingerprint density at radius 2 is 1.62 bits per heavy atom. The molecule has 32 heavy (non-hydrogen) atoms. The second kappa shape index (κ2) is 8.38. The molecule has 1 saturated carbocycles. The fraction of sp³-hybridized carbons (Fsp3) is 0.231. The quantitative estimate of drug-likeness (QED) is 0.547. The van der Waals surface area contributed by atoms with Crippen molar-refractivity contribution in [2.75, 3.05) is 19.5 Å². The molecule has 0 spiro atoms. The number of methoxy groups -OCH3 is 2. The molecule has 0 atom stereocenters. The number of hydrogen-bond donors (Lipinski definition) is 2. The van der Waals surface area contributed by atoms with Gasteiger partial charge in [-0.05, 0) is 78.9 Å². The minimum absolute atomic E-state index is 0.0364. The molecule has 1 amide bonds. The van der Waals surface area contributed by atoms with Crippen molar-refractivity contribution in [3.8, 4) is 22.6 Å². The topological polar surface area (TPSA) is 84.9 Å². The molecule has 4 rings (SSSR count). The van der Waals surface area contributed by atoms with Crippen molar-refractivity contribution in [1.82, 2.24) is 0 Å². The molecule has 164 valence electrons. The fourth-order valence-electron chi connectivity index (χ4n) is 3.97. The average Bonchev–Trinajstić information content (AvgIpc) is 3.62. The monoisotopic (exact) mass is 431 g/mol. The van der Waals surface area contributed by atoms with Crippen LogP contribution < -0.4 is 14.8 Å². The second-order valence-corrected chi connectivity index (χ2v) is 8.01. The molecule has 6 nitrogen and oxygen atoms in total. The Morgan fingerprint density at radius 3 is 2.22 bits per heavy atom. The summed E-state index contributed by atoms with van der Waals surface area (Å²) in [7, 11) is 3.13. The lowest BCUT2D eigenvalue weighted by atomic mass is 9.94.